The highest BCUT2D eigenvalue weighted by molar-refractivity contribution is 7.98. The molecule has 3 aromatic rings. The first-order valence-electron chi connectivity index (χ1n) is 9.21. The normalized spacial score (nSPS) is 13.6. The summed E-state index contributed by atoms with van der Waals surface area (Å²) in [5, 5.41) is 14.2. The number of hydrogen-bond donors (Lipinski definition) is 0. The van der Waals surface area contributed by atoms with Crippen LogP contribution in [-0.4, -0.2) is 48.2 Å². The van der Waals surface area contributed by atoms with Gasteiger partial charge in [-0.2, -0.15) is 5.10 Å². The van der Waals surface area contributed by atoms with Crippen LogP contribution in [0.25, 0.3) is 11.5 Å². The number of carbonyl (C=O) groups is 1. The fraction of sp³-hybridized carbons (Fsp3) is 0.368. The van der Waals surface area contributed by atoms with E-state index in [4.69, 9.17) is 11.6 Å². The van der Waals surface area contributed by atoms with Crippen LogP contribution in [0.4, 0.5) is 4.39 Å². The number of fused-ring (bicyclic) bond motifs is 1. The standard InChI is InChI=1S/C19H20ClFN6OS/c1-4-27-17(22-23-19(27)29-3)16-11-10-26(9-8-14(11)25(2)24-16)18(28)15-12(20)6-5-7-13(15)21/h5-7H,4,8-10H2,1-3H3. The van der Waals surface area contributed by atoms with E-state index in [1.54, 1.807) is 4.90 Å². The average Bonchev–Trinajstić information content (AvgIpc) is 3.27. The Hall–Kier alpha value is -2.39. The van der Waals surface area contributed by atoms with Gasteiger partial charge in [0.2, 0.25) is 0 Å². The third kappa shape index (κ3) is 3.32. The molecule has 0 spiro atoms. The monoisotopic (exact) mass is 434 g/mol. The van der Waals surface area contributed by atoms with Gasteiger partial charge in [-0.15, -0.1) is 10.2 Å². The van der Waals surface area contributed by atoms with Gasteiger partial charge in [-0.1, -0.05) is 29.4 Å². The Kier molecular flexibility index (Phi) is 5.35. The van der Waals surface area contributed by atoms with Crippen LogP contribution >= 0.6 is 23.4 Å². The zero-order valence-corrected chi connectivity index (χ0v) is 17.9. The van der Waals surface area contributed by atoms with Crippen LogP contribution in [0.5, 0.6) is 0 Å². The van der Waals surface area contributed by atoms with Gasteiger partial charge in [0.15, 0.2) is 11.0 Å². The van der Waals surface area contributed by atoms with Gasteiger partial charge in [0.05, 0.1) is 17.1 Å². The largest absolute Gasteiger partial charge is 0.334 e. The zero-order valence-electron chi connectivity index (χ0n) is 16.3. The van der Waals surface area contributed by atoms with Crippen molar-refractivity contribution in [3.05, 3.63) is 45.9 Å². The molecule has 0 bridgehead atoms. The molecule has 7 nitrogen and oxygen atoms in total. The van der Waals surface area contributed by atoms with Gasteiger partial charge in [-0.3, -0.25) is 9.48 Å². The van der Waals surface area contributed by atoms with Crippen LogP contribution < -0.4 is 0 Å². The topological polar surface area (TPSA) is 68.8 Å². The number of benzene rings is 1. The molecule has 0 radical (unpaired) electrons. The van der Waals surface area contributed by atoms with Crippen molar-refractivity contribution >= 4 is 29.3 Å². The molecule has 0 saturated heterocycles. The van der Waals surface area contributed by atoms with Gasteiger partial charge >= 0.3 is 0 Å². The highest BCUT2D eigenvalue weighted by atomic mass is 35.5. The molecule has 1 aromatic carbocycles. The van der Waals surface area contributed by atoms with E-state index in [-0.39, 0.29) is 10.6 Å². The van der Waals surface area contributed by atoms with Gasteiger partial charge in [0.25, 0.3) is 5.91 Å². The molecule has 29 heavy (non-hydrogen) atoms. The molecule has 0 unspecified atom stereocenters. The number of carbonyl (C=O) groups excluding carboxylic acids is 1. The smallest absolute Gasteiger partial charge is 0.258 e. The van der Waals surface area contributed by atoms with Gasteiger partial charge in [-0.05, 0) is 25.3 Å². The number of aromatic nitrogens is 5. The lowest BCUT2D eigenvalue weighted by atomic mass is 10.0. The molecular weight excluding hydrogens is 415 g/mol. The fourth-order valence-electron chi connectivity index (χ4n) is 3.71. The van der Waals surface area contributed by atoms with E-state index in [9.17, 15) is 9.18 Å². The Morgan fingerprint density at radius 3 is 2.83 bits per heavy atom. The maximum Gasteiger partial charge on any atom is 0.258 e. The van der Waals surface area contributed by atoms with Crippen molar-refractivity contribution in [3.63, 3.8) is 0 Å². The molecule has 1 aliphatic rings. The third-order valence-electron chi connectivity index (χ3n) is 5.13. The molecule has 1 amide bonds. The van der Waals surface area contributed by atoms with Crippen LogP contribution in [0.15, 0.2) is 23.4 Å². The van der Waals surface area contributed by atoms with Crippen molar-refractivity contribution in [2.75, 3.05) is 12.8 Å². The average molecular weight is 435 g/mol. The van der Waals surface area contributed by atoms with Gasteiger partial charge in [-0.25, -0.2) is 4.39 Å². The lowest BCUT2D eigenvalue weighted by Crippen LogP contribution is -2.37. The summed E-state index contributed by atoms with van der Waals surface area (Å²) >= 11 is 7.63. The van der Waals surface area contributed by atoms with Crippen LogP contribution in [0.3, 0.4) is 0 Å². The lowest BCUT2D eigenvalue weighted by molar-refractivity contribution is 0.0729. The lowest BCUT2D eigenvalue weighted by Gasteiger charge is -2.28. The van der Waals surface area contributed by atoms with E-state index >= 15 is 0 Å². The van der Waals surface area contributed by atoms with Crippen molar-refractivity contribution < 1.29 is 9.18 Å². The predicted octanol–water partition coefficient (Wildman–Crippen LogP) is 3.41. The van der Waals surface area contributed by atoms with Gasteiger partial charge in [0.1, 0.15) is 11.5 Å². The molecular formula is C19H20ClFN6OS. The molecule has 152 valence electrons. The minimum atomic E-state index is -0.616. The highest BCUT2D eigenvalue weighted by Gasteiger charge is 2.31. The quantitative estimate of drug-likeness (QED) is 0.588. The summed E-state index contributed by atoms with van der Waals surface area (Å²) in [6, 6.07) is 4.26. The SMILES string of the molecule is CCn1c(SC)nnc1-c1nn(C)c2c1CN(C(=O)c1c(F)cccc1Cl)CC2. The first-order chi connectivity index (χ1) is 14.0. The maximum atomic E-state index is 14.3. The van der Waals surface area contributed by atoms with Crippen molar-refractivity contribution in [2.24, 2.45) is 7.05 Å². The minimum absolute atomic E-state index is 0.0931. The zero-order chi connectivity index (χ0) is 20.7. The first kappa shape index (κ1) is 19.9. The molecule has 1 aliphatic heterocycles. The van der Waals surface area contributed by atoms with Crippen LogP contribution in [0.2, 0.25) is 5.02 Å². The van der Waals surface area contributed by atoms with E-state index in [1.807, 2.05) is 29.5 Å². The second-order valence-electron chi connectivity index (χ2n) is 6.73. The summed E-state index contributed by atoms with van der Waals surface area (Å²) < 4.78 is 18.1. The Morgan fingerprint density at radius 1 is 1.34 bits per heavy atom. The molecule has 2 aromatic heterocycles. The number of hydrogen-bond acceptors (Lipinski definition) is 5. The summed E-state index contributed by atoms with van der Waals surface area (Å²) in [7, 11) is 1.88. The molecule has 3 heterocycles. The number of thioether (sulfide) groups is 1. The van der Waals surface area contributed by atoms with Gasteiger partial charge < -0.3 is 9.47 Å². The van der Waals surface area contributed by atoms with Crippen molar-refractivity contribution in [1.82, 2.24) is 29.4 Å². The summed E-state index contributed by atoms with van der Waals surface area (Å²) in [5.41, 5.74) is 2.56. The van der Waals surface area contributed by atoms with E-state index in [1.165, 1.54) is 30.0 Å². The van der Waals surface area contributed by atoms with E-state index < -0.39 is 11.7 Å². The molecule has 4 rings (SSSR count). The fourth-order valence-corrected chi connectivity index (χ4v) is 4.51. The second kappa shape index (κ2) is 7.79. The molecule has 0 atom stereocenters. The number of rotatable bonds is 4. The highest BCUT2D eigenvalue weighted by Crippen LogP contribution is 2.32. The predicted molar refractivity (Wildman–Crippen MR) is 110 cm³/mol. The number of aryl methyl sites for hydroxylation is 1. The first-order valence-corrected chi connectivity index (χ1v) is 10.8. The molecule has 0 fully saturated rings. The Labute approximate surface area is 176 Å². The Morgan fingerprint density at radius 2 is 2.14 bits per heavy atom. The van der Waals surface area contributed by atoms with Crippen molar-refractivity contribution in [3.8, 4) is 11.5 Å². The second-order valence-corrected chi connectivity index (χ2v) is 7.91. The molecule has 0 saturated carbocycles. The summed E-state index contributed by atoms with van der Waals surface area (Å²) in [5.74, 6) is -0.364. The molecule has 0 aliphatic carbocycles. The third-order valence-corrected chi connectivity index (χ3v) is 6.12. The number of amides is 1. The summed E-state index contributed by atoms with van der Waals surface area (Å²) in [4.78, 5) is 14.6. The van der Waals surface area contributed by atoms with E-state index in [2.05, 4.69) is 15.3 Å². The number of nitrogens with zero attached hydrogens (tertiary/aromatic N) is 6. The van der Waals surface area contributed by atoms with E-state index in [0.29, 0.717) is 37.6 Å². The summed E-state index contributed by atoms with van der Waals surface area (Å²) in [6.07, 6.45) is 2.57. The van der Waals surface area contributed by atoms with Crippen molar-refractivity contribution in [2.45, 2.75) is 31.6 Å². The Balaban J connectivity index is 1.73. The molecule has 0 N–H and O–H groups in total. The van der Waals surface area contributed by atoms with Crippen LogP contribution in [0.1, 0.15) is 28.5 Å². The van der Waals surface area contributed by atoms with Crippen LogP contribution in [0, 0.1) is 5.82 Å². The Bertz CT molecular complexity index is 1070. The number of halogens is 2. The van der Waals surface area contributed by atoms with Crippen LogP contribution in [-0.2, 0) is 26.6 Å². The van der Waals surface area contributed by atoms with Crippen molar-refractivity contribution in [1.29, 1.82) is 0 Å². The minimum Gasteiger partial charge on any atom is -0.334 e. The maximum absolute atomic E-state index is 14.3. The van der Waals surface area contributed by atoms with E-state index in [0.717, 1.165) is 16.4 Å². The summed E-state index contributed by atoms with van der Waals surface area (Å²) in [6.45, 7) is 3.51. The molecule has 10 heteroatoms. The van der Waals surface area contributed by atoms with Gasteiger partial charge in [0, 0.05) is 37.8 Å².